The molecule has 0 aliphatic rings. The van der Waals surface area contributed by atoms with Crippen molar-refractivity contribution in [3.05, 3.63) is 41.6 Å². The molecule has 1 aromatic carbocycles. The highest BCUT2D eigenvalue weighted by atomic mass is 16.1. The van der Waals surface area contributed by atoms with E-state index in [4.69, 9.17) is 10.5 Å². The first kappa shape index (κ1) is 14.3. The summed E-state index contributed by atoms with van der Waals surface area (Å²) < 4.78 is 0. The van der Waals surface area contributed by atoms with Gasteiger partial charge in [-0.25, -0.2) is 0 Å². The van der Waals surface area contributed by atoms with Crippen LogP contribution in [0.15, 0.2) is 36.0 Å². The van der Waals surface area contributed by atoms with Crippen molar-refractivity contribution in [2.45, 2.75) is 13.3 Å². The molecule has 0 aliphatic carbocycles. The van der Waals surface area contributed by atoms with Crippen molar-refractivity contribution in [3.63, 3.8) is 0 Å². The lowest BCUT2D eigenvalue weighted by Gasteiger charge is -2.03. The summed E-state index contributed by atoms with van der Waals surface area (Å²) in [4.78, 5) is 11.6. The molecule has 0 unspecified atom stereocenters. The van der Waals surface area contributed by atoms with E-state index in [-0.39, 0.29) is 5.57 Å². The molecule has 0 heterocycles. The lowest BCUT2D eigenvalue weighted by molar-refractivity contribution is -0.117. The second kappa shape index (κ2) is 7.52. The van der Waals surface area contributed by atoms with E-state index >= 15 is 0 Å². The predicted molar refractivity (Wildman–Crippen MR) is 71.8 cm³/mol. The molecule has 0 saturated carbocycles. The fourth-order valence-corrected chi connectivity index (χ4v) is 1.28. The van der Waals surface area contributed by atoms with Crippen LogP contribution in [0.3, 0.4) is 0 Å². The highest BCUT2D eigenvalue weighted by Crippen LogP contribution is 2.09. The molecular weight excluding hydrogens is 240 g/mol. The van der Waals surface area contributed by atoms with Crippen LogP contribution in [0.4, 0.5) is 5.69 Å². The molecule has 0 radical (unpaired) electrons. The van der Waals surface area contributed by atoms with Crippen molar-refractivity contribution in [2.75, 3.05) is 11.9 Å². The summed E-state index contributed by atoms with van der Waals surface area (Å²) in [6.07, 6.45) is 2.17. The van der Waals surface area contributed by atoms with Crippen LogP contribution in [-0.4, -0.2) is 12.5 Å². The van der Waals surface area contributed by atoms with Gasteiger partial charge in [-0.1, -0.05) is 6.92 Å². The van der Waals surface area contributed by atoms with E-state index in [0.717, 1.165) is 6.42 Å². The van der Waals surface area contributed by atoms with Crippen LogP contribution < -0.4 is 10.6 Å². The third kappa shape index (κ3) is 4.53. The monoisotopic (exact) mass is 254 g/mol. The van der Waals surface area contributed by atoms with Gasteiger partial charge in [0.1, 0.15) is 11.6 Å². The molecule has 0 aromatic heterocycles. The van der Waals surface area contributed by atoms with Gasteiger partial charge < -0.3 is 10.6 Å². The zero-order chi connectivity index (χ0) is 14.1. The fourth-order valence-electron chi connectivity index (χ4n) is 1.28. The summed E-state index contributed by atoms with van der Waals surface area (Å²) in [5, 5.41) is 23.0. The quantitative estimate of drug-likeness (QED) is 0.620. The Bertz CT molecular complexity index is 546. The van der Waals surface area contributed by atoms with Crippen molar-refractivity contribution in [1.29, 1.82) is 10.5 Å². The molecule has 1 rings (SSSR count). The third-order valence-electron chi connectivity index (χ3n) is 2.30. The van der Waals surface area contributed by atoms with Crippen LogP contribution in [0.5, 0.6) is 0 Å². The lowest BCUT2D eigenvalue weighted by atomic mass is 10.2. The second-order valence-electron chi connectivity index (χ2n) is 3.76. The van der Waals surface area contributed by atoms with Gasteiger partial charge in [0.15, 0.2) is 0 Å². The number of amides is 1. The minimum Gasteiger partial charge on any atom is -0.360 e. The summed E-state index contributed by atoms with van der Waals surface area (Å²) in [6.45, 7) is 2.47. The van der Waals surface area contributed by atoms with E-state index in [1.54, 1.807) is 24.3 Å². The molecule has 0 fully saturated rings. The fraction of sp³-hybridized carbons (Fsp3) is 0.214. The van der Waals surface area contributed by atoms with Crippen molar-refractivity contribution in [3.8, 4) is 12.1 Å². The number of hydrogen-bond donors (Lipinski definition) is 2. The summed E-state index contributed by atoms with van der Waals surface area (Å²) in [5.41, 5.74) is 1.27. The van der Waals surface area contributed by atoms with E-state index in [9.17, 15) is 4.79 Å². The van der Waals surface area contributed by atoms with E-state index in [1.165, 1.54) is 6.20 Å². The third-order valence-corrected chi connectivity index (χ3v) is 2.30. The van der Waals surface area contributed by atoms with Gasteiger partial charge in [0, 0.05) is 18.4 Å². The summed E-state index contributed by atoms with van der Waals surface area (Å²) in [6, 6.07) is 10.6. The molecular formula is C14H14N4O. The highest BCUT2D eigenvalue weighted by Gasteiger charge is 2.06. The van der Waals surface area contributed by atoms with Crippen LogP contribution in [0.1, 0.15) is 18.9 Å². The van der Waals surface area contributed by atoms with Gasteiger partial charge in [-0.05, 0) is 30.7 Å². The number of anilines is 1. The predicted octanol–water partition coefficient (Wildman–Crippen LogP) is 1.90. The second-order valence-corrected chi connectivity index (χ2v) is 3.76. The van der Waals surface area contributed by atoms with Crippen LogP contribution >= 0.6 is 0 Å². The van der Waals surface area contributed by atoms with Crippen LogP contribution in [-0.2, 0) is 4.79 Å². The minimum absolute atomic E-state index is 0.0119. The van der Waals surface area contributed by atoms with E-state index < -0.39 is 5.91 Å². The van der Waals surface area contributed by atoms with Gasteiger partial charge in [-0.2, -0.15) is 10.5 Å². The Hall–Kier alpha value is -2.79. The number of rotatable bonds is 5. The maximum absolute atomic E-state index is 11.6. The number of nitrogens with zero attached hydrogens (tertiary/aromatic N) is 2. The van der Waals surface area contributed by atoms with E-state index in [1.807, 2.05) is 19.1 Å². The number of benzene rings is 1. The molecule has 0 spiro atoms. The van der Waals surface area contributed by atoms with E-state index in [2.05, 4.69) is 10.6 Å². The molecule has 0 aliphatic heterocycles. The summed E-state index contributed by atoms with van der Waals surface area (Å²) in [5.74, 6) is -0.398. The molecule has 0 bridgehead atoms. The lowest BCUT2D eigenvalue weighted by Crippen LogP contribution is -2.25. The molecule has 1 amide bonds. The topological polar surface area (TPSA) is 88.7 Å². The Morgan fingerprint density at radius 1 is 1.32 bits per heavy atom. The zero-order valence-corrected chi connectivity index (χ0v) is 10.6. The van der Waals surface area contributed by atoms with Gasteiger partial charge in [-0.15, -0.1) is 0 Å². The molecule has 5 heteroatoms. The average molecular weight is 254 g/mol. The number of carbonyl (C=O) groups excluding carboxylic acids is 1. The van der Waals surface area contributed by atoms with Gasteiger partial charge in [0.05, 0.1) is 11.6 Å². The Balaban J connectivity index is 2.69. The van der Waals surface area contributed by atoms with Crippen molar-refractivity contribution in [1.82, 2.24) is 5.32 Å². The molecule has 19 heavy (non-hydrogen) atoms. The standard InChI is InChI=1S/C14H14N4O/c1-2-7-17-14(19)12(9-16)10-18-13-5-3-11(8-15)4-6-13/h3-6,10,18H,2,7H2,1H3,(H,17,19)/b12-10-. The maximum Gasteiger partial charge on any atom is 0.263 e. The molecule has 0 atom stereocenters. The Morgan fingerprint density at radius 2 is 2.00 bits per heavy atom. The smallest absolute Gasteiger partial charge is 0.263 e. The summed E-state index contributed by atoms with van der Waals surface area (Å²) >= 11 is 0. The largest absolute Gasteiger partial charge is 0.360 e. The van der Waals surface area contributed by atoms with Crippen molar-refractivity contribution >= 4 is 11.6 Å². The molecule has 5 nitrogen and oxygen atoms in total. The number of hydrogen-bond acceptors (Lipinski definition) is 4. The van der Waals surface area contributed by atoms with Gasteiger partial charge in [-0.3, -0.25) is 4.79 Å². The van der Waals surface area contributed by atoms with Crippen LogP contribution in [0.25, 0.3) is 0 Å². The first-order valence-electron chi connectivity index (χ1n) is 5.86. The maximum atomic E-state index is 11.6. The van der Waals surface area contributed by atoms with Crippen molar-refractivity contribution in [2.24, 2.45) is 0 Å². The SMILES string of the molecule is CCCNC(=O)/C(C#N)=C\Nc1ccc(C#N)cc1. The Labute approximate surface area is 112 Å². The van der Waals surface area contributed by atoms with Crippen LogP contribution in [0, 0.1) is 22.7 Å². The molecule has 2 N–H and O–H groups in total. The summed E-state index contributed by atoms with van der Waals surface area (Å²) in [7, 11) is 0. The zero-order valence-electron chi connectivity index (χ0n) is 10.6. The minimum atomic E-state index is -0.398. The highest BCUT2D eigenvalue weighted by molar-refractivity contribution is 5.97. The van der Waals surface area contributed by atoms with E-state index in [0.29, 0.717) is 17.8 Å². The van der Waals surface area contributed by atoms with Crippen LogP contribution in [0.2, 0.25) is 0 Å². The molecule has 0 saturated heterocycles. The van der Waals surface area contributed by atoms with Gasteiger partial charge in [0.2, 0.25) is 0 Å². The normalized spacial score (nSPS) is 10.2. The number of nitriles is 2. The average Bonchev–Trinajstić information content (AvgIpc) is 2.46. The number of carbonyl (C=O) groups is 1. The Kier molecular flexibility index (Phi) is 5.65. The molecule has 96 valence electrons. The van der Waals surface area contributed by atoms with Crippen molar-refractivity contribution < 1.29 is 4.79 Å². The van der Waals surface area contributed by atoms with Gasteiger partial charge in [0.25, 0.3) is 5.91 Å². The van der Waals surface area contributed by atoms with Gasteiger partial charge >= 0.3 is 0 Å². The first-order chi connectivity index (χ1) is 9.21. The first-order valence-corrected chi connectivity index (χ1v) is 5.86. The number of nitrogens with one attached hydrogen (secondary N) is 2. The molecule has 1 aromatic rings. The Morgan fingerprint density at radius 3 is 2.53 bits per heavy atom.